The zero-order valence-corrected chi connectivity index (χ0v) is 19.7. The van der Waals surface area contributed by atoms with Crippen molar-refractivity contribution < 1.29 is 19.4 Å². The van der Waals surface area contributed by atoms with E-state index in [1.165, 1.54) is 0 Å². The number of carbonyl (C=O) groups excluding carboxylic acids is 1. The molecule has 0 amide bonds. The number of aromatic nitrogens is 4. The molecule has 1 N–H and O–H groups in total. The van der Waals surface area contributed by atoms with Crippen LogP contribution in [0.1, 0.15) is 22.3 Å². The molecule has 0 saturated heterocycles. The van der Waals surface area contributed by atoms with Gasteiger partial charge >= 0.3 is 5.97 Å². The number of esters is 1. The van der Waals surface area contributed by atoms with Crippen LogP contribution in [0, 0.1) is 0 Å². The predicted molar refractivity (Wildman–Crippen MR) is 133 cm³/mol. The van der Waals surface area contributed by atoms with Crippen LogP contribution < -0.4 is 4.74 Å². The highest BCUT2D eigenvalue weighted by Gasteiger charge is 2.48. The van der Waals surface area contributed by atoms with Crippen LogP contribution in [-0.4, -0.2) is 36.4 Å². The number of hydrogen-bond acceptors (Lipinski definition) is 9. The van der Waals surface area contributed by atoms with Gasteiger partial charge in [0.15, 0.2) is 0 Å². The maximum Gasteiger partial charge on any atom is 0.342 e. The molecule has 36 heavy (non-hydrogen) atoms. The van der Waals surface area contributed by atoms with E-state index in [0.717, 1.165) is 51.6 Å². The zero-order chi connectivity index (χ0) is 24.3. The Morgan fingerprint density at radius 3 is 2.67 bits per heavy atom. The van der Waals surface area contributed by atoms with Crippen LogP contribution in [-0.2, 0) is 28.2 Å². The lowest BCUT2D eigenvalue weighted by Gasteiger charge is -2.26. The van der Waals surface area contributed by atoms with Crippen LogP contribution in [0.25, 0.3) is 27.6 Å². The molecular formula is C27H18N4O4S. The minimum absolute atomic E-state index is 0.269. The largest absolute Gasteiger partial charge is 0.493 e. The summed E-state index contributed by atoms with van der Waals surface area (Å²) in [6.45, 7) is 0.588. The van der Waals surface area contributed by atoms with Gasteiger partial charge in [-0.1, -0.05) is 12.1 Å². The second kappa shape index (κ2) is 7.91. The van der Waals surface area contributed by atoms with Crippen molar-refractivity contribution in [2.75, 3.05) is 6.61 Å². The molecule has 8 nitrogen and oxygen atoms in total. The fraction of sp³-hybridized carbons (Fsp3) is 0.148. The molecule has 0 radical (unpaired) electrons. The first-order valence-corrected chi connectivity index (χ1v) is 12.2. The van der Waals surface area contributed by atoms with Gasteiger partial charge in [0.1, 0.15) is 16.8 Å². The van der Waals surface area contributed by atoms with Gasteiger partial charge in [-0.05, 0) is 59.2 Å². The van der Waals surface area contributed by atoms with Crippen molar-refractivity contribution in [1.29, 1.82) is 0 Å². The lowest BCUT2D eigenvalue weighted by atomic mass is 9.87. The summed E-state index contributed by atoms with van der Waals surface area (Å²) in [6, 6.07) is 16.6. The molecule has 0 spiro atoms. The molecule has 9 heteroatoms. The normalized spacial score (nSPS) is 19.1. The molecule has 1 unspecified atom stereocenters. The van der Waals surface area contributed by atoms with Gasteiger partial charge in [-0.2, -0.15) is 8.75 Å². The molecule has 2 aliphatic heterocycles. The highest BCUT2D eigenvalue weighted by Crippen LogP contribution is 2.46. The minimum Gasteiger partial charge on any atom is -0.493 e. The van der Waals surface area contributed by atoms with E-state index in [1.807, 2.05) is 48.5 Å². The summed E-state index contributed by atoms with van der Waals surface area (Å²) in [6.07, 6.45) is 4.28. The molecule has 3 aromatic carbocycles. The Bertz CT molecular complexity index is 1730. The van der Waals surface area contributed by atoms with Crippen molar-refractivity contribution in [2.24, 2.45) is 0 Å². The van der Waals surface area contributed by atoms with Crippen molar-refractivity contribution in [3.8, 4) is 5.75 Å². The Labute approximate surface area is 209 Å². The number of rotatable bonds is 4. The summed E-state index contributed by atoms with van der Waals surface area (Å²) in [4.78, 5) is 22.1. The van der Waals surface area contributed by atoms with Crippen LogP contribution in [0.15, 0.2) is 72.6 Å². The second-order valence-corrected chi connectivity index (χ2v) is 9.36. The summed E-state index contributed by atoms with van der Waals surface area (Å²) in [7, 11) is 0. The molecule has 2 aromatic heterocycles. The van der Waals surface area contributed by atoms with Gasteiger partial charge < -0.3 is 14.6 Å². The van der Waals surface area contributed by atoms with E-state index in [0.29, 0.717) is 34.4 Å². The standard InChI is InChI=1S/C27H18N4O4S/c32-26-25(17-2-5-21-23(14-17)31-36-30-21)19(11-15-1-4-20-22(12-15)29-9-8-28-20)27(33,35-26)18-3-6-24-16(13-18)7-10-34-24/h1-6,8-9,12-14,33H,7,10-11H2. The number of ether oxygens (including phenoxy) is 2. The van der Waals surface area contributed by atoms with Gasteiger partial charge in [0.25, 0.3) is 5.79 Å². The molecule has 176 valence electrons. The summed E-state index contributed by atoms with van der Waals surface area (Å²) in [5, 5.41) is 12.0. The van der Waals surface area contributed by atoms with E-state index in [2.05, 4.69) is 18.7 Å². The van der Waals surface area contributed by atoms with Gasteiger partial charge in [-0.15, -0.1) is 0 Å². The van der Waals surface area contributed by atoms with E-state index in [-0.39, 0.29) is 6.42 Å². The Morgan fingerprint density at radius 1 is 0.917 bits per heavy atom. The van der Waals surface area contributed by atoms with Crippen LogP contribution in [0.3, 0.4) is 0 Å². The van der Waals surface area contributed by atoms with E-state index >= 15 is 0 Å². The molecule has 1 atom stereocenters. The van der Waals surface area contributed by atoms with Crippen molar-refractivity contribution in [3.05, 3.63) is 94.8 Å². The molecule has 0 saturated carbocycles. The first-order chi connectivity index (χ1) is 17.6. The predicted octanol–water partition coefficient (Wildman–Crippen LogP) is 3.97. The Balaban J connectivity index is 1.42. The summed E-state index contributed by atoms with van der Waals surface area (Å²) < 4.78 is 20.0. The minimum atomic E-state index is -1.93. The third kappa shape index (κ3) is 3.28. The molecule has 0 aliphatic carbocycles. The van der Waals surface area contributed by atoms with Crippen LogP contribution in [0.5, 0.6) is 5.75 Å². The molecule has 7 rings (SSSR count). The third-order valence-electron chi connectivity index (χ3n) is 6.69. The molecule has 4 heterocycles. The average molecular weight is 495 g/mol. The van der Waals surface area contributed by atoms with Crippen molar-refractivity contribution in [3.63, 3.8) is 0 Å². The molecule has 2 aliphatic rings. The number of aliphatic hydroxyl groups is 1. The van der Waals surface area contributed by atoms with Crippen molar-refractivity contribution in [1.82, 2.24) is 18.7 Å². The van der Waals surface area contributed by atoms with Gasteiger partial charge in [0, 0.05) is 36.4 Å². The molecule has 0 fully saturated rings. The molecular weight excluding hydrogens is 476 g/mol. The highest BCUT2D eigenvalue weighted by atomic mass is 32.1. The lowest BCUT2D eigenvalue weighted by Crippen LogP contribution is -2.30. The molecule has 5 aromatic rings. The van der Waals surface area contributed by atoms with E-state index in [4.69, 9.17) is 9.47 Å². The average Bonchev–Trinajstić information content (AvgIpc) is 3.61. The Kier molecular flexibility index (Phi) is 4.63. The summed E-state index contributed by atoms with van der Waals surface area (Å²) in [5.74, 6) is -1.74. The molecule has 0 bridgehead atoms. The van der Waals surface area contributed by atoms with Gasteiger partial charge in [0.2, 0.25) is 0 Å². The summed E-state index contributed by atoms with van der Waals surface area (Å²) >= 11 is 1.11. The monoisotopic (exact) mass is 494 g/mol. The number of nitrogens with zero attached hydrogens (tertiary/aromatic N) is 4. The quantitative estimate of drug-likeness (QED) is 0.374. The number of fused-ring (bicyclic) bond motifs is 3. The summed E-state index contributed by atoms with van der Waals surface area (Å²) in [5.41, 5.74) is 6.66. The smallest absolute Gasteiger partial charge is 0.342 e. The Morgan fingerprint density at radius 2 is 1.75 bits per heavy atom. The fourth-order valence-corrected chi connectivity index (χ4v) is 5.45. The zero-order valence-electron chi connectivity index (χ0n) is 18.8. The van der Waals surface area contributed by atoms with Gasteiger partial charge in [-0.3, -0.25) is 9.97 Å². The SMILES string of the molecule is O=C1OC(O)(c2ccc3c(c2)CCO3)C(Cc2ccc3nccnc3c2)=C1c1ccc2nsnc2c1. The van der Waals surface area contributed by atoms with Gasteiger partial charge in [-0.25, -0.2) is 4.79 Å². The van der Waals surface area contributed by atoms with E-state index < -0.39 is 11.8 Å². The third-order valence-corrected chi connectivity index (χ3v) is 7.25. The van der Waals surface area contributed by atoms with Crippen molar-refractivity contribution >= 4 is 45.3 Å². The van der Waals surface area contributed by atoms with Crippen LogP contribution in [0.4, 0.5) is 0 Å². The van der Waals surface area contributed by atoms with Crippen LogP contribution in [0.2, 0.25) is 0 Å². The maximum absolute atomic E-state index is 13.4. The van der Waals surface area contributed by atoms with Crippen LogP contribution >= 0.6 is 11.7 Å². The second-order valence-electron chi connectivity index (χ2n) is 8.83. The number of benzene rings is 3. The Hall–Kier alpha value is -4.21. The van der Waals surface area contributed by atoms with E-state index in [9.17, 15) is 9.90 Å². The number of hydrogen-bond donors (Lipinski definition) is 1. The van der Waals surface area contributed by atoms with Crippen molar-refractivity contribution in [2.45, 2.75) is 18.6 Å². The highest BCUT2D eigenvalue weighted by molar-refractivity contribution is 7.00. The lowest BCUT2D eigenvalue weighted by molar-refractivity contribution is -0.185. The maximum atomic E-state index is 13.4. The number of carbonyl (C=O) groups is 1. The topological polar surface area (TPSA) is 107 Å². The number of cyclic esters (lactones) is 1. The fourth-order valence-electron chi connectivity index (χ4n) is 4.93. The first kappa shape index (κ1) is 21.1. The van der Waals surface area contributed by atoms with E-state index in [1.54, 1.807) is 18.5 Å². The van der Waals surface area contributed by atoms with Gasteiger partial charge in [0.05, 0.1) is 34.9 Å². The first-order valence-electron chi connectivity index (χ1n) is 11.5.